The third-order valence-corrected chi connectivity index (χ3v) is 5.33. The highest BCUT2D eigenvalue weighted by molar-refractivity contribution is 5.96. The number of hydrogen-bond acceptors (Lipinski definition) is 6. The minimum absolute atomic E-state index is 0.00782. The molecule has 1 N–H and O–H groups in total. The summed E-state index contributed by atoms with van der Waals surface area (Å²) in [5.74, 6) is 1.19. The number of para-hydroxylation sites is 2. The predicted octanol–water partition coefficient (Wildman–Crippen LogP) is 3.78. The number of nitro groups is 1. The molecule has 1 fully saturated rings. The van der Waals surface area contributed by atoms with Crippen LogP contribution in [0.25, 0.3) is 0 Å². The number of nitrogens with one attached hydrogen (secondary N) is 1. The highest BCUT2D eigenvalue weighted by Gasteiger charge is 2.35. The number of carbonyl (C=O) groups is 1. The van der Waals surface area contributed by atoms with Crippen molar-refractivity contribution >= 4 is 17.3 Å². The maximum Gasteiger partial charge on any atom is 0.292 e. The number of rotatable bonds is 7. The summed E-state index contributed by atoms with van der Waals surface area (Å²) in [7, 11) is 3.23. The topological polar surface area (TPSA) is 93.9 Å². The van der Waals surface area contributed by atoms with Crippen molar-refractivity contribution in [1.29, 1.82) is 0 Å². The number of nitrogens with zero attached hydrogens (tertiary/aromatic N) is 2. The van der Waals surface area contributed by atoms with E-state index in [0.717, 1.165) is 36.4 Å². The van der Waals surface area contributed by atoms with Gasteiger partial charge in [-0.15, -0.1) is 0 Å². The van der Waals surface area contributed by atoms with Gasteiger partial charge in [0.15, 0.2) is 0 Å². The zero-order valence-electron chi connectivity index (χ0n) is 16.8. The van der Waals surface area contributed by atoms with Crippen LogP contribution >= 0.6 is 0 Å². The molecule has 3 rings (SSSR count). The fourth-order valence-corrected chi connectivity index (χ4v) is 3.81. The Balaban J connectivity index is 1.83. The van der Waals surface area contributed by atoms with Crippen LogP contribution in [0.5, 0.6) is 11.5 Å². The molecule has 0 bridgehead atoms. The van der Waals surface area contributed by atoms with E-state index < -0.39 is 11.0 Å². The number of nitro benzene ring substituents is 1. The van der Waals surface area contributed by atoms with Gasteiger partial charge in [0.25, 0.3) is 5.69 Å². The molecule has 1 amide bonds. The largest absolute Gasteiger partial charge is 0.497 e. The molecule has 0 saturated carbocycles. The van der Waals surface area contributed by atoms with Gasteiger partial charge >= 0.3 is 0 Å². The van der Waals surface area contributed by atoms with E-state index in [1.54, 1.807) is 26.4 Å². The summed E-state index contributed by atoms with van der Waals surface area (Å²) in [6.07, 6.45) is 1.82. The Labute approximate surface area is 169 Å². The standard InChI is InChI=1S/C21H25N3O5/c1-14(21(25)22-17-7-4-5-8-19(17)24(26)27)23-12-6-9-18(23)16-13-15(28-2)10-11-20(16)29-3/h4-5,7-8,10-11,13-14,18H,6,9,12H2,1-3H3,(H,22,25)/t14-,18-/m1/s1. The molecule has 0 radical (unpaired) electrons. The highest BCUT2D eigenvalue weighted by Crippen LogP contribution is 2.40. The predicted molar refractivity (Wildman–Crippen MR) is 109 cm³/mol. The molecule has 0 aliphatic carbocycles. The lowest BCUT2D eigenvalue weighted by atomic mass is 10.0. The van der Waals surface area contributed by atoms with Crippen molar-refractivity contribution < 1.29 is 19.2 Å². The van der Waals surface area contributed by atoms with E-state index in [-0.39, 0.29) is 23.3 Å². The van der Waals surface area contributed by atoms with Crippen LogP contribution in [-0.2, 0) is 4.79 Å². The first-order valence-corrected chi connectivity index (χ1v) is 9.48. The zero-order chi connectivity index (χ0) is 21.0. The fourth-order valence-electron chi connectivity index (χ4n) is 3.81. The molecule has 0 aromatic heterocycles. The highest BCUT2D eigenvalue weighted by atomic mass is 16.6. The van der Waals surface area contributed by atoms with Crippen LogP contribution < -0.4 is 14.8 Å². The van der Waals surface area contributed by atoms with Gasteiger partial charge in [-0.2, -0.15) is 0 Å². The van der Waals surface area contributed by atoms with Crippen molar-refractivity contribution in [3.05, 3.63) is 58.1 Å². The van der Waals surface area contributed by atoms with Crippen LogP contribution in [0.15, 0.2) is 42.5 Å². The molecule has 29 heavy (non-hydrogen) atoms. The van der Waals surface area contributed by atoms with Crippen LogP contribution in [0.2, 0.25) is 0 Å². The summed E-state index contributed by atoms with van der Waals surface area (Å²) in [5, 5.41) is 13.9. The van der Waals surface area contributed by atoms with Gasteiger partial charge in [0.05, 0.1) is 25.2 Å². The third-order valence-electron chi connectivity index (χ3n) is 5.33. The summed E-state index contributed by atoms with van der Waals surface area (Å²) in [4.78, 5) is 25.7. The SMILES string of the molecule is COc1ccc(OC)c([C@H]2CCCN2[C@H](C)C(=O)Nc2ccccc2[N+](=O)[O-])c1. The molecule has 8 heteroatoms. The average molecular weight is 399 g/mol. The normalized spacial score (nSPS) is 17.6. The van der Waals surface area contributed by atoms with Gasteiger partial charge in [0.1, 0.15) is 17.2 Å². The van der Waals surface area contributed by atoms with Crippen LogP contribution in [0.4, 0.5) is 11.4 Å². The second kappa shape index (κ2) is 8.91. The van der Waals surface area contributed by atoms with E-state index in [4.69, 9.17) is 9.47 Å². The number of amides is 1. The van der Waals surface area contributed by atoms with Crippen molar-refractivity contribution in [3.63, 3.8) is 0 Å². The maximum absolute atomic E-state index is 12.9. The van der Waals surface area contributed by atoms with Crippen LogP contribution in [0.3, 0.4) is 0 Å². The molecule has 1 aliphatic heterocycles. The van der Waals surface area contributed by atoms with Gasteiger partial charge in [-0.3, -0.25) is 19.8 Å². The van der Waals surface area contributed by atoms with Gasteiger partial charge in [-0.05, 0) is 50.6 Å². The molecule has 0 spiro atoms. The molecule has 2 atom stereocenters. The number of likely N-dealkylation sites (tertiary alicyclic amines) is 1. The van der Waals surface area contributed by atoms with Gasteiger partial charge in [0, 0.05) is 17.7 Å². The van der Waals surface area contributed by atoms with Crippen molar-refractivity contribution in [1.82, 2.24) is 4.90 Å². The second-order valence-corrected chi connectivity index (χ2v) is 6.94. The number of methoxy groups -OCH3 is 2. The van der Waals surface area contributed by atoms with E-state index in [2.05, 4.69) is 10.2 Å². The Hall–Kier alpha value is -3.13. The summed E-state index contributed by atoms with van der Waals surface area (Å²) >= 11 is 0. The Kier molecular flexibility index (Phi) is 6.33. The quantitative estimate of drug-likeness (QED) is 0.563. The molecule has 1 aliphatic rings. The van der Waals surface area contributed by atoms with Gasteiger partial charge in [-0.1, -0.05) is 12.1 Å². The van der Waals surface area contributed by atoms with E-state index in [0.29, 0.717) is 0 Å². The third kappa shape index (κ3) is 4.32. The zero-order valence-corrected chi connectivity index (χ0v) is 16.8. The lowest BCUT2D eigenvalue weighted by molar-refractivity contribution is -0.383. The minimum atomic E-state index is -0.500. The van der Waals surface area contributed by atoms with E-state index in [1.807, 2.05) is 25.1 Å². The lowest BCUT2D eigenvalue weighted by Gasteiger charge is -2.31. The Morgan fingerprint density at radius 1 is 1.24 bits per heavy atom. The van der Waals surface area contributed by atoms with Crippen LogP contribution in [0, 0.1) is 10.1 Å². The van der Waals surface area contributed by atoms with E-state index in [1.165, 1.54) is 12.1 Å². The van der Waals surface area contributed by atoms with Crippen molar-refractivity contribution in [2.45, 2.75) is 31.8 Å². The Morgan fingerprint density at radius 2 is 2.00 bits per heavy atom. The summed E-state index contributed by atoms with van der Waals surface area (Å²) in [5.41, 5.74) is 1.04. The van der Waals surface area contributed by atoms with E-state index >= 15 is 0 Å². The van der Waals surface area contributed by atoms with Crippen molar-refractivity contribution in [2.75, 3.05) is 26.1 Å². The molecule has 2 aromatic rings. The van der Waals surface area contributed by atoms with Gasteiger partial charge in [0.2, 0.25) is 5.91 Å². The molecular formula is C21H25N3O5. The first kappa shape index (κ1) is 20.6. The second-order valence-electron chi connectivity index (χ2n) is 6.94. The molecule has 154 valence electrons. The average Bonchev–Trinajstić information content (AvgIpc) is 3.22. The monoisotopic (exact) mass is 399 g/mol. The minimum Gasteiger partial charge on any atom is -0.497 e. The Morgan fingerprint density at radius 3 is 2.69 bits per heavy atom. The maximum atomic E-state index is 12.9. The van der Waals surface area contributed by atoms with Crippen molar-refractivity contribution in [2.24, 2.45) is 0 Å². The molecular weight excluding hydrogens is 374 g/mol. The number of hydrogen-bond donors (Lipinski definition) is 1. The number of benzene rings is 2. The lowest BCUT2D eigenvalue weighted by Crippen LogP contribution is -2.41. The number of anilines is 1. The first-order valence-electron chi connectivity index (χ1n) is 9.48. The van der Waals surface area contributed by atoms with Crippen LogP contribution in [0.1, 0.15) is 31.4 Å². The Bertz CT molecular complexity index is 902. The van der Waals surface area contributed by atoms with Gasteiger partial charge in [-0.25, -0.2) is 0 Å². The first-order chi connectivity index (χ1) is 14.0. The molecule has 1 saturated heterocycles. The fraction of sp³-hybridized carbons (Fsp3) is 0.381. The van der Waals surface area contributed by atoms with Crippen LogP contribution in [-0.4, -0.2) is 42.5 Å². The summed E-state index contributed by atoms with van der Waals surface area (Å²) < 4.78 is 10.9. The molecule has 8 nitrogen and oxygen atoms in total. The molecule has 0 unspecified atom stereocenters. The summed E-state index contributed by atoms with van der Waals surface area (Å²) in [6.45, 7) is 2.56. The smallest absolute Gasteiger partial charge is 0.292 e. The number of carbonyl (C=O) groups excluding carboxylic acids is 1. The molecule has 2 aromatic carbocycles. The van der Waals surface area contributed by atoms with Gasteiger partial charge < -0.3 is 14.8 Å². The van der Waals surface area contributed by atoms with E-state index in [9.17, 15) is 14.9 Å². The van der Waals surface area contributed by atoms with Crippen molar-refractivity contribution in [3.8, 4) is 11.5 Å². The number of ether oxygens (including phenoxy) is 2. The molecule has 1 heterocycles. The summed E-state index contributed by atoms with van der Waals surface area (Å²) in [6, 6.07) is 11.3.